The lowest BCUT2D eigenvalue weighted by Crippen LogP contribution is -2.34. The molecule has 2 aromatic carbocycles. The highest BCUT2D eigenvalue weighted by molar-refractivity contribution is 7.80. The molecule has 2 amide bonds. The molecule has 3 N–H and O–H groups in total. The van der Waals surface area contributed by atoms with E-state index >= 15 is 0 Å². The van der Waals surface area contributed by atoms with Crippen LogP contribution in [-0.4, -0.2) is 42.5 Å². The van der Waals surface area contributed by atoms with Gasteiger partial charge in [0.15, 0.2) is 5.11 Å². The number of rotatable bonds is 8. The van der Waals surface area contributed by atoms with E-state index in [4.69, 9.17) is 12.2 Å². The minimum absolute atomic E-state index is 0.00495. The predicted molar refractivity (Wildman–Crippen MR) is 122 cm³/mol. The third-order valence-corrected chi connectivity index (χ3v) is 4.43. The van der Waals surface area contributed by atoms with Gasteiger partial charge >= 0.3 is 0 Å². The van der Waals surface area contributed by atoms with E-state index in [1.807, 2.05) is 33.2 Å². The second kappa shape index (κ2) is 11.3. The van der Waals surface area contributed by atoms with E-state index < -0.39 is 0 Å². The van der Waals surface area contributed by atoms with Crippen molar-refractivity contribution in [3.8, 4) is 0 Å². The first-order valence-electron chi connectivity index (χ1n) is 9.57. The van der Waals surface area contributed by atoms with E-state index in [9.17, 15) is 9.59 Å². The Morgan fingerprint density at radius 3 is 2.07 bits per heavy atom. The molecular weight excluding hydrogens is 384 g/mol. The highest BCUT2D eigenvalue weighted by Gasteiger charge is 2.08. The summed E-state index contributed by atoms with van der Waals surface area (Å²) in [6.45, 7) is 2.94. The number of carbonyl (C=O) groups is 2. The Morgan fingerprint density at radius 2 is 1.48 bits per heavy atom. The standard InChI is InChI=1S/C22H28N4O2S/c1-16-7-9-17(10-8-16)21(28)25-22(29)24-19-13-11-18(12-14-19)23-20(27)6-4-5-15-26(2)3/h7-14H,4-6,15H2,1-3H3,(H,23,27)(H2,24,25,28,29). The molecule has 0 saturated carbocycles. The van der Waals surface area contributed by atoms with E-state index in [0.29, 0.717) is 12.0 Å². The SMILES string of the molecule is Cc1ccc(C(=O)NC(=S)Nc2ccc(NC(=O)CCCCN(C)C)cc2)cc1. The van der Waals surface area contributed by atoms with Gasteiger partial charge in [-0.1, -0.05) is 17.7 Å². The molecule has 2 aromatic rings. The molecule has 7 heteroatoms. The third-order valence-electron chi connectivity index (χ3n) is 4.23. The molecule has 0 bridgehead atoms. The Labute approximate surface area is 177 Å². The largest absolute Gasteiger partial charge is 0.332 e. The molecule has 29 heavy (non-hydrogen) atoms. The molecule has 0 aromatic heterocycles. The number of aryl methyl sites for hydroxylation is 1. The van der Waals surface area contributed by atoms with Crippen molar-refractivity contribution in [2.75, 3.05) is 31.3 Å². The molecule has 0 saturated heterocycles. The van der Waals surface area contributed by atoms with Crippen LogP contribution in [-0.2, 0) is 4.79 Å². The fourth-order valence-electron chi connectivity index (χ4n) is 2.62. The Kier molecular flexibility index (Phi) is 8.76. The number of hydrogen-bond acceptors (Lipinski definition) is 4. The van der Waals surface area contributed by atoms with Gasteiger partial charge in [0.05, 0.1) is 0 Å². The molecule has 0 aliphatic carbocycles. The van der Waals surface area contributed by atoms with Crippen LogP contribution in [0.25, 0.3) is 0 Å². The van der Waals surface area contributed by atoms with Gasteiger partial charge < -0.3 is 15.5 Å². The summed E-state index contributed by atoms with van der Waals surface area (Å²) in [6.07, 6.45) is 2.36. The molecule has 0 atom stereocenters. The first-order chi connectivity index (χ1) is 13.8. The van der Waals surface area contributed by atoms with Gasteiger partial charge in [0.1, 0.15) is 0 Å². The third kappa shape index (κ3) is 8.41. The molecule has 2 rings (SSSR count). The van der Waals surface area contributed by atoms with Crippen molar-refractivity contribution < 1.29 is 9.59 Å². The van der Waals surface area contributed by atoms with Crippen LogP contribution in [0.15, 0.2) is 48.5 Å². The second-order valence-corrected chi connectivity index (χ2v) is 7.57. The lowest BCUT2D eigenvalue weighted by Gasteiger charge is -2.11. The predicted octanol–water partition coefficient (Wildman–Crippen LogP) is 3.79. The highest BCUT2D eigenvalue weighted by atomic mass is 32.1. The van der Waals surface area contributed by atoms with Gasteiger partial charge in [-0.25, -0.2) is 0 Å². The molecule has 0 fully saturated rings. The van der Waals surface area contributed by atoms with Crippen molar-refractivity contribution in [1.29, 1.82) is 0 Å². The molecule has 0 radical (unpaired) electrons. The van der Waals surface area contributed by atoms with E-state index in [-0.39, 0.29) is 16.9 Å². The monoisotopic (exact) mass is 412 g/mol. The lowest BCUT2D eigenvalue weighted by molar-refractivity contribution is -0.116. The van der Waals surface area contributed by atoms with Crippen LogP contribution in [0.5, 0.6) is 0 Å². The first kappa shape index (κ1) is 22.5. The summed E-state index contributed by atoms with van der Waals surface area (Å²) in [5.74, 6) is -0.258. The van der Waals surface area contributed by atoms with Gasteiger partial charge in [0, 0.05) is 23.4 Å². The Hall–Kier alpha value is -2.77. The van der Waals surface area contributed by atoms with Crippen LogP contribution in [0, 0.1) is 6.92 Å². The van der Waals surface area contributed by atoms with Crippen LogP contribution in [0.4, 0.5) is 11.4 Å². The summed E-state index contributed by atoms with van der Waals surface area (Å²) in [7, 11) is 4.05. The normalized spacial score (nSPS) is 10.5. The number of nitrogens with zero attached hydrogens (tertiary/aromatic N) is 1. The van der Waals surface area contributed by atoms with Gasteiger partial charge in [0.25, 0.3) is 5.91 Å². The van der Waals surface area contributed by atoms with Crippen molar-refractivity contribution in [1.82, 2.24) is 10.2 Å². The van der Waals surface area contributed by atoms with Crippen LogP contribution < -0.4 is 16.0 Å². The lowest BCUT2D eigenvalue weighted by atomic mass is 10.1. The van der Waals surface area contributed by atoms with E-state index in [1.54, 1.807) is 36.4 Å². The average Bonchev–Trinajstić information content (AvgIpc) is 2.67. The van der Waals surface area contributed by atoms with Crippen molar-refractivity contribution in [2.24, 2.45) is 0 Å². The molecule has 0 unspecified atom stereocenters. The highest BCUT2D eigenvalue weighted by Crippen LogP contribution is 2.14. The van der Waals surface area contributed by atoms with E-state index in [2.05, 4.69) is 20.9 Å². The number of benzene rings is 2. The molecular formula is C22H28N4O2S. The molecule has 0 aliphatic rings. The molecule has 0 aliphatic heterocycles. The van der Waals surface area contributed by atoms with Crippen LogP contribution in [0.2, 0.25) is 0 Å². The zero-order valence-electron chi connectivity index (χ0n) is 17.1. The van der Waals surface area contributed by atoms with Crippen LogP contribution >= 0.6 is 12.2 Å². The number of nitrogens with one attached hydrogen (secondary N) is 3. The summed E-state index contributed by atoms with van der Waals surface area (Å²) in [5, 5.41) is 8.73. The molecule has 6 nitrogen and oxygen atoms in total. The van der Waals surface area contributed by atoms with Crippen molar-refractivity contribution >= 4 is 40.5 Å². The van der Waals surface area contributed by atoms with Gasteiger partial charge in [-0.05, 0) is 89.0 Å². The molecule has 0 heterocycles. The fraction of sp³-hybridized carbons (Fsp3) is 0.318. The summed E-state index contributed by atoms with van der Waals surface area (Å²) in [6, 6.07) is 14.4. The summed E-state index contributed by atoms with van der Waals surface area (Å²) in [4.78, 5) is 26.3. The van der Waals surface area contributed by atoms with E-state index in [0.717, 1.165) is 36.3 Å². The summed E-state index contributed by atoms with van der Waals surface area (Å²) in [5.41, 5.74) is 3.08. The minimum Gasteiger partial charge on any atom is -0.332 e. The zero-order chi connectivity index (χ0) is 21.2. The Balaban J connectivity index is 1.77. The summed E-state index contributed by atoms with van der Waals surface area (Å²) < 4.78 is 0. The molecule has 0 spiro atoms. The Bertz CT molecular complexity index is 833. The second-order valence-electron chi connectivity index (χ2n) is 7.16. The number of hydrogen-bond donors (Lipinski definition) is 3. The molecule has 154 valence electrons. The maximum absolute atomic E-state index is 12.2. The van der Waals surface area contributed by atoms with Gasteiger partial charge in [0.2, 0.25) is 5.91 Å². The Morgan fingerprint density at radius 1 is 0.897 bits per heavy atom. The average molecular weight is 413 g/mol. The number of amides is 2. The van der Waals surface area contributed by atoms with E-state index in [1.165, 1.54) is 0 Å². The van der Waals surface area contributed by atoms with Crippen LogP contribution in [0.1, 0.15) is 35.2 Å². The number of carbonyl (C=O) groups excluding carboxylic acids is 2. The minimum atomic E-state index is -0.263. The smallest absolute Gasteiger partial charge is 0.257 e. The maximum Gasteiger partial charge on any atom is 0.257 e. The van der Waals surface area contributed by atoms with Crippen LogP contribution in [0.3, 0.4) is 0 Å². The number of anilines is 2. The maximum atomic E-state index is 12.2. The first-order valence-corrected chi connectivity index (χ1v) is 9.98. The number of unbranched alkanes of at least 4 members (excludes halogenated alkanes) is 1. The van der Waals surface area contributed by atoms with Crippen molar-refractivity contribution in [3.63, 3.8) is 0 Å². The van der Waals surface area contributed by atoms with Gasteiger partial charge in [-0.2, -0.15) is 0 Å². The van der Waals surface area contributed by atoms with Crippen molar-refractivity contribution in [3.05, 3.63) is 59.7 Å². The number of thiocarbonyl (C=S) groups is 1. The summed E-state index contributed by atoms with van der Waals surface area (Å²) >= 11 is 5.20. The topological polar surface area (TPSA) is 73.5 Å². The zero-order valence-corrected chi connectivity index (χ0v) is 17.9. The fourth-order valence-corrected chi connectivity index (χ4v) is 2.83. The van der Waals surface area contributed by atoms with Gasteiger partial charge in [-0.3, -0.25) is 14.9 Å². The quantitative estimate of drug-likeness (QED) is 0.454. The van der Waals surface area contributed by atoms with Gasteiger partial charge in [-0.15, -0.1) is 0 Å². The van der Waals surface area contributed by atoms with Crippen molar-refractivity contribution in [2.45, 2.75) is 26.2 Å².